The van der Waals surface area contributed by atoms with E-state index in [1.807, 2.05) is 0 Å². The molecule has 1 aromatic heterocycles. The average Bonchev–Trinajstić information content (AvgIpc) is 2.25. The molecule has 0 fully saturated rings. The largest absolute Gasteiger partial charge is 0.508 e. The van der Waals surface area contributed by atoms with E-state index in [2.05, 4.69) is 32.6 Å². The number of hydrogen-bond donors (Lipinski definition) is 1. The standard InChI is InChI=1S/C10H7IN2O2/c11-7-5-12-10(13-6-7)15-9-3-1-8(14)2-4-9/h1-6,14H. The number of hydrogen-bond acceptors (Lipinski definition) is 4. The molecule has 2 rings (SSSR count). The molecule has 1 aromatic carbocycles. The lowest BCUT2D eigenvalue weighted by Crippen LogP contribution is -1.91. The van der Waals surface area contributed by atoms with Crippen LogP contribution in [0.1, 0.15) is 0 Å². The highest BCUT2D eigenvalue weighted by molar-refractivity contribution is 14.1. The Bertz CT molecular complexity index is 398. The zero-order valence-corrected chi connectivity index (χ0v) is 9.75. The minimum Gasteiger partial charge on any atom is -0.508 e. The second-order valence-corrected chi connectivity index (χ2v) is 4.03. The van der Waals surface area contributed by atoms with Gasteiger partial charge in [-0.1, -0.05) is 0 Å². The molecule has 15 heavy (non-hydrogen) atoms. The number of phenolic OH excluding ortho intramolecular Hbond substituents is 1. The first-order valence-electron chi connectivity index (χ1n) is 4.18. The molecule has 0 radical (unpaired) electrons. The summed E-state index contributed by atoms with van der Waals surface area (Å²) in [5.74, 6) is 0.792. The number of phenols is 1. The Balaban J connectivity index is 2.15. The molecule has 0 amide bonds. The molecule has 0 saturated heterocycles. The van der Waals surface area contributed by atoms with Crippen molar-refractivity contribution in [1.29, 1.82) is 0 Å². The van der Waals surface area contributed by atoms with Gasteiger partial charge in [-0.25, -0.2) is 9.97 Å². The van der Waals surface area contributed by atoms with Crippen molar-refractivity contribution in [3.8, 4) is 17.5 Å². The van der Waals surface area contributed by atoms with Gasteiger partial charge < -0.3 is 9.84 Å². The van der Waals surface area contributed by atoms with Crippen molar-refractivity contribution < 1.29 is 9.84 Å². The van der Waals surface area contributed by atoms with E-state index < -0.39 is 0 Å². The minimum absolute atomic E-state index is 0.200. The maximum absolute atomic E-state index is 9.07. The van der Waals surface area contributed by atoms with Gasteiger partial charge in [0.1, 0.15) is 11.5 Å². The van der Waals surface area contributed by atoms with E-state index in [1.54, 1.807) is 36.7 Å². The summed E-state index contributed by atoms with van der Waals surface area (Å²) in [4.78, 5) is 7.99. The van der Waals surface area contributed by atoms with E-state index in [0.717, 1.165) is 3.57 Å². The smallest absolute Gasteiger partial charge is 0.321 e. The third-order valence-electron chi connectivity index (χ3n) is 1.64. The Morgan fingerprint density at radius 3 is 2.27 bits per heavy atom. The van der Waals surface area contributed by atoms with Crippen LogP contribution in [-0.4, -0.2) is 15.1 Å². The molecule has 0 unspecified atom stereocenters. The lowest BCUT2D eigenvalue weighted by atomic mass is 10.3. The van der Waals surface area contributed by atoms with Gasteiger partial charge >= 0.3 is 6.01 Å². The Morgan fingerprint density at radius 1 is 1.07 bits per heavy atom. The number of halogens is 1. The molecular formula is C10H7IN2O2. The third kappa shape index (κ3) is 2.79. The van der Waals surface area contributed by atoms with Crippen LogP contribution in [-0.2, 0) is 0 Å². The van der Waals surface area contributed by atoms with E-state index >= 15 is 0 Å². The van der Waals surface area contributed by atoms with E-state index in [0.29, 0.717) is 11.8 Å². The zero-order chi connectivity index (χ0) is 10.7. The molecule has 0 aliphatic carbocycles. The highest BCUT2D eigenvalue weighted by Crippen LogP contribution is 2.20. The molecule has 76 valence electrons. The Labute approximate surface area is 100 Å². The maximum Gasteiger partial charge on any atom is 0.321 e. The van der Waals surface area contributed by atoms with Gasteiger partial charge in [0.15, 0.2) is 0 Å². The maximum atomic E-state index is 9.07. The van der Waals surface area contributed by atoms with Crippen LogP contribution in [0, 0.1) is 3.57 Å². The number of benzene rings is 1. The van der Waals surface area contributed by atoms with Gasteiger partial charge in [0.25, 0.3) is 0 Å². The molecule has 2 aromatic rings. The van der Waals surface area contributed by atoms with Crippen LogP contribution in [0.15, 0.2) is 36.7 Å². The van der Waals surface area contributed by atoms with Crippen LogP contribution in [0.5, 0.6) is 17.5 Å². The normalized spacial score (nSPS) is 9.93. The number of aromatic hydroxyl groups is 1. The van der Waals surface area contributed by atoms with Crippen LogP contribution in [0.3, 0.4) is 0 Å². The summed E-state index contributed by atoms with van der Waals surface area (Å²) in [5.41, 5.74) is 0. The van der Waals surface area contributed by atoms with Crippen molar-refractivity contribution in [2.24, 2.45) is 0 Å². The average molecular weight is 314 g/mol. The van der Waals surface area contributed by atoms with Crippen LogP contribution in [0.25, 0.3) is 0 Å². The molecule has 1 heterocycles. The molecular weight excluding hydrogens is 307 g/mol. The Kier molecular flexibility index (Phi) is 3.00. The third-order valence-corrected chi connectivity index (χ3v) is 2.20. The fourth-order valence-corrected chi connectivity index (χ4v) is 1.25. The van der Waals surface area contributed by atoms with Gasteiger partial charge in [0.05, 0.1) is 0 Å². The summed E-state index contributed by atoms with van der Waals surface area (Å²) in [7, 11) is 0. The van der Waals surface area contributed by atoms with Crippen molar-refractivity contribution in [3.63, 3.8) is 0 Å². The summed E-state index contributed by atoms with van der Waals surface area (Å²) in [6, 6.07) is 6.68. The topological polar surface area (TPSA) is 55.2 Å². The van der Waals surface area contributed by atoms with E-state index in [4.69, 9.17) is 9.84 Å². The molecule has 0 atom stereocenters. The van der Waals surface area contributed by atoms with E-state index in [9.17, 15) is 0 Å². The first-order chi connectivity index (χ1) is 7.24. The first-order valence-corrected chi connectivity index (χ1v) is 5.26. The Morgan fingerprint density at radius 2 is 1.67 bits per heavy atom. The van der Waals surface area contributed by atoms with Gasteiger partial charge in [-0.05, 0) is 46.9 Å². The molecule has 0 bridgehead atoms. The Hall–Kier alpha value is -1.37. The fourth-order valence-electron chi connectivity index (χ4n) is 0.973. The summed E-state index contributed by atoms with van der Waals surface area (Å²) >= 11 is 2.12. The molecule has 0 spiro atoms. The molecule has 4 nitrogen and oxygen atoms in total. The first kappa shape index (κ1) is 10.2. The predicted molar refractivity (Wildman–Crippen MR) is 62.9 cm³/mol. The van der Waals surface area contributed by atoms with Gasteiger partial charge in [-0.3, -0.25) is 0 Å². The lowest BCUT2D eigenvalue weighted by Gasteiger charge is -2.02. The van der Waals surface area contributed by atoms with Crippen molar-refractivity contribution in [2.75, 3.05) is 0 Å². The second kappa shape index (κ2) is 4.43. The van der Waals surface area contributed by atoms with Crippen molar-refractivity contribution >= 4 is 22.6 Å². The fraction of sp³-hybridized carbons (Fsp3) is 0. The van der Waals surface area contributed by atoms with Crippen LogP contribution in [0.4, 0.5) is 0 Å². The monoisotopic (exact) mass is 314 g/mol. The number of nitrogens with zero attached hydrogens (tertiary/aromatic N) is 2. The highest BCUT2D eigenvalue weighted by atomic mass is 127. The second-order valence-electron chi connectivity index (χ2n) is 2.78. The quantitative estimate of drug-likeness (QED) is 0.866. The number of ether oxygens (including phenoxy) is 1. The van der Waals surface area contributed by atoms with Gasteiger partial charge in [0.2, 0.25) is 0 Å². The number of rotatable bonds is 2. The molecule has 0 aliphatic heterocycles. The van der Waals surface area contributed by atoms with Crippen molar-refractivity contribution in [1.82, 2.24) is 9.97 Å². The molecule has 1 N–H and O–H groups in total. The van der Waals surface area contributed by atoms with Crippen molar-refractivity contribution in [3.05, 3.63) is 40.2 Å². The summed E-state index contributed by atoms with van der Waals surface area (Å²) < 4.78 is 6.30. The van der Waals surface area contributed by atoms with Crippen LogP contribution < -0.4 is 4.74 Å². The SMILES string of the molecule is Oc1ccc(Oc2ncc(I)cn2)cc1. The van der Waals surface area contributed by atoms with Gasteiger partial charge in [-0.2, -0.15) is 0 Å². The molecule has 5 heteroatoms. The van der Waals surface area contributed by atoms with Crippen molar-refractivity contribution in [2.45, 2.75) is 0 Å². The summed E-state index contributed by atoms with van der Waals surface area (Å²) in [5, 5.41) is 9.07. The van der Waals surface area contributed by atoms with E-state index in [1.165, 1.54) is 0 Å². The lowest BCUT2D eigenvalue weighted by molar-refractivity contribution is 0.437. The van der Waals surface area contributed by atoms with E-state index in [-0.39, 0.29) is 5.75 Å². The molecule has 0 aliphatic rings. The van der Waals surface area contributed by atoms with Crippen LogP contribution >= 0.6 is 22.6 Å². The van der Waals surface area contributed by atoms with Crippen LogP contribution in [0.2, 0.25) is 0 Å². The minimum atomic E-state index is 0.200. The zero-order valence-electron chi connectivity index (χ0n) is 7.59. The molecule has 0 saturated carbocycles. The number of aromatic nitrogens is 2. The predicted octanol–water partition coefficient (Wildman–Crippen LogP) is 2.58. The van der Waals surface area contributed by atoms with Gasteiger partial charge in [0, 0.05) is 16.0 Å². The van der Waals surface area contributed by atoms with Gasteiger partial charge in [-0.15, -0.1) is 0 Å². The summed E-state index contributed by atoms with van der Waals surface area (Å²) in [6.07, 6.45) is 3.34. The summed E-state index contributed by atoms with van der Waals surface area (Å²) in [6.45, 7) is 0. The highest BCUT2D eigenvalue weighted by Gasteiger charge is 1.99.